The first kappa shape index (κ1) is 26.9. The molecule has 3 aromatic rings. The molecular formula is C28H37N5O3. The van der Waals surface area contributed by atoms with Gasteiger partial charge in [-0.3, -0.25) is 4.79 Å². The SMILES string of the molecule is COCCCN(CC(=O)Nc1cc(C(C)(C)C)nn1-c1cccc(C)c1)C(=O)Nc1ccc(C)cc1. The molecule has 0 saturated heterocycles. The van der Waals surface area contributed by atoms with Crippen LogP contribution in [0.5, 0.6) is 0 Å². The number of aromatic nitrogens is 2. The number of nitrogens with one attached hydrogen (secondary N) is 2. The van der Waals surface area contributed by atoms with E-state index in [9.17, 15) is 9.59 Å². The molecule has 8 nitrogen and oxygen atoms in total. The normalized spacial score (nSPS) is 11.3. The second kappa shape index (κ2) is 11.9. The van der Waals surface area contributed by atoms with Crippen LogP contribution < -0.4 is 10.6 Å². The first-order chi connectivity index (χ1) is 17.1. The first-order valence-electron chi connectivity index (χ1n) is 12.2. The zero-order valence-corrected chi connectivity index (χ0v) is 22.1. The summed E-state index contributed by atoms with van der Waals surface area (Å²) in [6.45, 7) is 11.0. The van der Waals surface area contributed by atoms with E-state index in [2.05, 4.69) is 31.4 Å². The van der Waals surface area contributed by atoms with Gasteiger partial charge in [0.05, 0.1) is 11.4 Å². The second-order valence-electron chi connectivity index (χ2n) is 10.0. The summed E-state index contributed by atoms with van der Waals surface area (Å²) >= 11 is 0. The number of aryl methyl sites for hydroxylation is 2. The van der Waals surface area contributed by atoms with Crippen LogP contribution in [-0.4, -0.2) is 53.4 Å². The van der Waals surface area contributed by atoms with Crippen LogP contribution in [0.2, 0.25) is 0 Å². The Balaban J connectivity index is 1.80. The highest BCUT2D eigenvalue weighted by Crippen LogP contribution is 2.26. The molecule has 0 aliphatic rings. The molecule has 0 bridgehead atoms. The van der Waals surface area contributed by atoms with Crippen molar-refractivity contribution in [2.24, 2.45) is 0 Å². The second-order valence-corrected chi connectivity index (χ2v) is 10.0. The van der Waals surface area contributed by atoms with Gasteiger partial charge in [-0.2, -0.15) is 5.10 Å². The van der Waals surface area contributed by atoms with E-state index in [4.69, 9.17) is 9.84 Å². The quantitative estimate of drug-likeness (QED) is 0.398. The summed E-state index contributed by atoms with van der Waals surface area (Å²) in [6, 6.07) is 17.0. The van der Waals surface area contributed by atoms with Crippen LogP contribution in [0.15, 0.2) is 54.6 Å². The molecule has 3 rings (SSSR count). The van der Waals surface area contributed by atoms with Crippen LogP contribution in [0.3, 0.4) is 0 Å². The minimum absolute atomic E-state index is 0.106. The van der Waals surface area contributed by atoms with Crippen molar-refractivity contribution >= 4 is 23.4 Å². The van der Waals surface area contributed by atoms with Crippen LogP contribution in [0, 0.1) is 13.8 Å². The molecule has 3 amide bonds. The Morgan fingerprint density at radius 3 is 2.36 bits per heavy atom. The Hall–Kier alpha value is -3.65. The molecule has 0 radical (unpaired) electrons. The molecule has 2 N–H and O–H groups in total. The molecule has 36 heavy (non-hydrogen) atoms. The fraction of sp³-hybridized carbons (Fsp3) is 0.393. The summed E-state index contributed by atoms with van der Waals surface area (Å²) in [5, 5.41) is 10.6. The van der Waals surface area contributed by atoms with Gasteiger partial charge in [0.1, 0.15) is 12.4 Å². The average molecular weight is 492 g/mol. The Morgan fingerprint density at radius 2 is 1.72 bits per heavy atom. The van der Waals surface area contributed by atoms with Crippen molar-refractivity contribution in [1.82, 2.24) is 14.7 Å². The standard InChI is InChI=1S/C28H37N5O3/c1-20-11-13-22(14-12-20)29-27(35)32(15-8-16-36-6)19-26(34)30-25-18-24(28(3,4)5)31-33(25)23-10-7-9-21(2)17-23/h7,9-14,17-18H,8,15-16,19H2,1-6H3,(H,29,35)(H,30,34). The lowest BCUT2D eigenvalue weighted by atomic mass is 9.92. The van der Waals surface area contributed by atoms with Crippen molar-refractivity contribution in [2.75, 3.05) is 37.4 Å². The van der Waals surface area contributed by atoms with Crippen molar-refractivity contribution < 1.29 is 14.3 Å². The Kier molecular flexibility index (Phi) is 8.88. The number of carbonyl (C=O) groups excluding carboxylic acids is 2. The van der Waals surface area contributed by atoms with Gasteiger partial charge in [-0.25, -0.2) is 9.48 Å². The van der Waals surface area contributed by atoms with E-state index in [1.54, 1.807) is 11.8 Å². The minimum atomic E-state index is -0.340. The lowest BCUT2D eigenvalue weighted by Gasteiger charge is -2.23. The van der Waals surface area contributed by atoms with E-state index in [1.807, 2.05) is 68.4 Å². The van der Waals surface area contributed by atoms with Crippen LogP contribution in [0.4, 0.5) is 16.3 Å². The summed E-state index contributed by atoms with van der Waals surface area (Å²) in [4.78, 5) is 27.7. The van der Waals surface area contributed by atoms with E-state index < -0.39 is 0 Å². The van der Waals surface area contributed by atoms with Crippen LogP contribution >= 0.6 is 0 Å². The van der Waals surface area contributed by atoms with Gasteiger partial charge in [-0.1, -0.05) is 50.6 Å². The summed E-state index contributed by atoms with van der Waals surface area (Å²) in [5.74, 6) is 0.257. The number of hydrogen-bond acceptors (Lipinski definition) is 4. The van der Waals surface area contributed by atoms with Gasteiger partial charge in [0, 0.05) is 37.4 Å². The van der Waals surface area contributed by atoms with Crippen molar-refractivity contribution in [3.05, 3.63) is 71.4 Å². The van der Waals surface area contributed by atoms with Crippen molar-refractivity contribution in [2.45, 2.75) is 46.5 Å². The maximum atomic E-state index is 13.2. The molecule has 1 heterocycles. The summed E-state index contributed by atoms with van der Waals surface area (Å²) in [6.07, 6.45) is 0.612. The Labute approximate surface area is 213 Å². The topological polar surface area (TPSA) is 88.5 Å². The van der Waals surface area contributed by atoms with Gasteiger partial charge in [0.15, 0.2) is 0 Å². The highest BCUT2D eigenvalue weighted by molar-refractivity contribution is 5.96. The average Bonchev–Trinajstić information content (AvgIpc) is 3.24. The fourth-order valence-corrected chi connectivity index (χ4v) is 3.64. The molecule has 0 fully saturated rings. The highest BCUT2D eigenvalue weighted by Gasteiger charge is 2.23. The predicted molar refractivity (Wildman–Crippen MR) is 144 cm³/mol. The Bertz CT molecular complexity index is 1180. The summed E-state index contributed by atoms with van der Waals surface area (Å²) < 4.78 is 6.89. The molecular weight excluding hydrogens is 454 g/mol. The van der Waals surface area contributed by atoms with E-state index in [-0.39, 0.29) is 23.9 Å². The van der Waals surface area contributed by atoms with Crippen molar-refractivity contribution in [1.29, 1.82) is 0 Å². The number of nitrogens with zero attached hydrogens (tertiary/aromatic N) is 3. The Morgan fingerprint density at radius 1 is 1.00 bits per heavy atom. The number of carbonyl (C=O) groups is 2. The number of amides is 3. The van der Waals surface area contributed by atoms with E-state index in [0.717, 1.165) is 22.5 Å². The maximum Gasteiger partial charge on any atom is 0.322 e. The zero-order valence-electron chi connectivity index (χ0n) is 22.1. The number of methoxy groups -OCH3 is 1. The molecule has 192 valence electrons. The van der Waals surface area contributed by atoms with Gasteiger partial charge < -0.3 is 20.3 Å². The third-order valence-corrected chi connectivity index (χ3v) is 5.69. The number of ether oxygens (including phenoxy) is 1. The maximum absolute atomic E-state index is 13.2. The minimum Gasteiger partial charge on any atom is -0.385 e. The fourth-order valence-electron chi connectivity index (χ4n) is 3.64. The van der Waals surface area contributed by atoms with Gasteiger partial charge >= 0.3 is 6.03 Å². The number of benzene rings is 2. The van der Waals surface area contributed by atoms with E-state index in [0.29, 0.717) is 31.1 Å². The first-order valence-corrected chi connectivity index (χ1v) is 12.2. The monoisotopic (exact) mass is 491 g/mol. The van der Waals surface area contributed by atoms with Crippen LogP contribution in [0.25, 0.3) is 5.69 Å². The largest absolute Gasteiger partial charge is 0.385 e. The molecule has 1 aromatic heterocycles. The molecule has 0 aliphatic heterocycles. The lowest BCUT2D eigenvalue weighted by molar-refractivity contribution is -0.116. The molecule has 2 aromatic carbocycles. The van der Waals surface area contributed by atoms with Gasteiger partial charge in [-0.15, -0.1) is 0 Å². The van der Waals surface area contributed by atoms with Gasteiger partial charge in [0.2, 0.25) is 5.91 Å². The number of rotatable bonds is 9. The molecule has 0 saturated carbocycles. The number of hydrogen-bond donors (Lipinski definition) is 2. The smallest absolute Gasteiger partial charge is 0.322 e. The van der Waals surface area contributed by atoms with Gasteiger partial charge in [0.25, 0.3) is 0 Å². The predicted octanol–water partition coefficient (Wildman–Crippen LogP) is 5.30. The molecule has 0 atom stereocenters. The van der Waals surface area contributed by atoms with Crippen LogP contribution in [0.1, 0.15) is 44.0 Å². The molecule has 0 aliphatic carbocycles. The van der Waals surface area contributed by atoms with E-state index in [1.165, 1.54) is 4.90 Å². The third kappa shape index (κ3) is 7.42. The number of urea groups is 1. The molecule has 0 unspecified atom stereocenters. The van der Waals surface area contributed by atoms with Gasteiger partial charge in [-0.05, 0) is 50.1 Å². The van der Waals surface area contributed by atoms with E-state index >= 15 is 0 Å². The summed E-state index contributed by atoms with van der Waals surface area (Å²) in [5.41, 5.74) is 4.38. The molecule has 8 heteroatoms. The highest BCUT2D eigenvalue weighted by atomic mass is 16.5. The van der Waals surface area contributed by atoms with Crippen molar-refractivity contribution in [3.63, 3.8) is 0 Å². The summed E-state index contributed by atoms with van der Waals surface area (Å²) in [7, 11) is 1.61. The zero-order chi connectivity index (χ0) is 26.3. The lowest BCUT2D eigenvalue weighted by Crippen LogP contribution is -2.41. The molecule has 0 spiro atoms. The van der Waals surface area contributed by atoms with Crippen LogP contribution in [-0.2, 0) is 14.9 Å². The number of anilines is 2. The third-order valence-electron chi connectivity index (χ3n) is 5.69. The van der Waals surface area contributed by atoms with Crippen molar-refractivity contribution in [3.8, 4) is 5.69 Å².